The third-order valence-electron chi connectivity index (χ3n) is 4.93. The summed E-state index contributed by atoms with van der Waals surface area (Å²) in [6.45, 7) is 30.2. The molecule has 0 heterocycles. The fourth-order valence-corrected chi connectivity index (χ4v) is 21.8. The molecule has 0 spiro atoms. The van der Waals surface area contributed by atoms with Crippen molar-refractivity contribution in [3.05, 3.63) is 5.56 Å². The van der Waals surface area contributed by atoms with Crippen LogP contribution in [-0.2, 0) is 0 Å². The van der Waals surface area contributed by atoms with Gasteiger partial charge >= 0.3 is 0 Å². The number of hydrogen-bond donors (Lipinski definition) is 0. The average Bonchev–Trinajstić information content (AvgIpc) is 2.47. The van der Waals surface area contributed by atoms with Gasteiger partial charge in [0.15, 0.2) is 0 Å². The Morgan fingerprint density at radius 1 is 0.577 bits per heavy atom. The normalized spacial score (nSPS) is 14.2. The van der Waals surface area contributed by atoms with E-state index in [0.717, 1.165) is 0 Å². The van der Waals surface area contributed by atoms with Crippen LogP contribution in [-0.4, -0.2) is 52.8 Å². The highest BCUT2D eigenvalue weighted by molar-refractivity contribution is 7.01. The van der Waals surface area contributed by atoms with Gasteiger partial charge in [0.05, 0.1) is 44.7 Å². The smallest absolute Gasteiger partial charge is 0.127 e. The molecule has 0 amide bonds. The molecule has 0 saturated carbocycles. The standard InChI is InChI=1S/C20H42Si6/c1-21-16-15(13-14-24(4,5)6)17(22-2)20(26(10,11)12)18(23-3)19(16)25(7,8)9/h21-23H2,1-12H3. The Balaban J connectivity index is 4.21. The van der Waals surface area contributed by atoms with E-state index >= 15 is 0 Å². The van der Waals surface area contributed by atoms with Gasteiger partial charge in [0.1, 0.15) is 8.07 Å². The highest BCUT2D eigenvalue weighted by Gasteiger charge is 2.32. The van der Waals surface area contributed by atoms with Crippen LogP contribution in [0.3, 0.4) is 0 Å². The van der Waals surface area contributed by atoms with E-state index in [2.05, 4.69) is 90.0 Å². The number of rotatable bonds is 5. The third kappa shape index (κ3) is 5.55. The van der Waals surface area contributed by atoms with Crippen LogP contribution >= 0.6 is 0 Å². The molecule has 0 bridgehead atoms. The van der Waals surface area contributed by atoms with Crippen molar-refractivity contribution < 1.29 is 0 Å². The molecule has 26 heavy (non-hydrogen) atoms. The Labute approximate surface area is 173 Å². The minimum atomic E-state index is -1.37. The van der Waals surface area contributed by atoms with Crippen molar-refractivity contribution in [1.82, 2.24) is 0 Å². The van der Waals surface area contributed by atoms with Crippen LogP contribution in [0.5, 0.6) is 0 Å². The van der Waals surface area contributed by atoms with E-state index in [1.54, 1.807) is 15.9 Å². The molecule has 0 aliphatic carbocycles. The first-order valence-electron chi connectivity index (χ1n) is 10.4. The molecule has 0 saturated heterocycles. The van der Waals surface area contributed by atoms with E-state index in [4.69, 9.17) is 0 Å². The molecule has 0 aromatic heterocycles. The molecule has 0 nitrogen and oxygen atoms in total. The zero-order valence-corrected chi connectivity index (χ0v) is 26.9. The molecule has 0 aliphatic rings. The van der Waals surface area contributed by atoms with Crippen molar-refractivity contribution in [3.63, 3.8) is 0 Å². The minimum absolute atomic E-state index is 0.171. The van der Waals surface area contributed by atoms with E-state index in [-0.39, 0.29) is 28.6 Å². The summed E-state index contributed by atoms with van der Waals surface area (Å²) in [5.74, 6) is 3.84. The zero-order chi connectivity index (χ0) is 20.5. The maximum atomic E-state index is 3.84. The summed E-state index contributed by atoms with van der Waals surface area (Å²) in [7, 11) is -4.71. The van der Waals surface area contributed by atoms with E-state index in [1.165, 1.54) is 0 Å². The first kappa shape index (κ1) is 24.1. The molecule has 0 radical (unpaired) electrons. The molecule has 0 N–H and O–H groups in total. The largest absolute Gasteiger partial charge is 0.129 e. The lowest BCUT2D eigenvalue weighted by atomic mass is 10.2. The van der Waals surface area contributed by atoms with Crippen molar-refractivity contribution >= 4 is 78.7 Å². The first-order valence-corrected chi connectivity index (χ1v) is 27.3. The van der Waals surface area contributed by atoms with Crippen LogP contribution in [0.15, 0.2) is 0 Å². The lowest BCUT2D eigenvalue weighted by Crippen LogP contribution is -2.71. The van der Waals surface area contributed by atoms with Crippen LogP contribution in [0, 0.1) is 11.5 Å². The van der Waals surface area contributed by atoms with Gasteiger partial charge < -0.3 is 0 Å². The molecule has 0 unspecified atom stereocenters. The molecule has 146 valence electrons. The Bertz CT molecular complexity index is 675. The van der Waals surface area contributed by atoms with Gasteiger partial charge in [-0.2, -0.15) is 0 Å². The zero-order valence-electron chi connectivity index (χ0n) is 19.6. The van der Waals surface area contributed by atoms with E-state index in [1.807, 2.05) is 15.6 Å². The van der Waals surface area contributed by atoms with Crippen LogP contribution in [0.1, 0.15) is 5.56 Å². The number of hydrogen-bond acceptors (Lipinski definition) is 0. The van der Waals surface area contributed by atoms with Gasteiger partial charge in [-0.25, -0.2) is 0 Å². The van der Waals surface area contributed by atoms with Crippen molar-refractivity contribution in [3.8, 4) is 11.5 Å². The molecular formula is C20H42Si6. The van der Waals surface area contributed by atoms with Crippen LogP contribution in [0.2, 0.25) is 78.6 Å². The molecule has 0 aliphatic heterocycles. The van der Waals surface area contributed by atoms with E-state index in [9.17, 15) is 0 Å². The molecule has 1 aromatic rings. The second-order valence-corrected chi connectivity index (χ2v) is 29.6. The Morgan fingerprint density at radius 3 is 1.15 bits per heavy atom. The predicted octanol–water partition coefficient (Wildman–Crippen LogP) is 0.532. The maximum absolute atomic E-state index is 3.84. The summed E-state index contributed by atoms with van der Waals surface area (Å²) >= 11 is 0. The van der Waals surface area contributed by atoms with Crippen LogP contribution < -0.4 is 25.9 Å². The molecule has 6 heteroatoms. The second-order valence-electron chi connectivity index (χ2n) is 10.6. The topological polar surface area (TPSA) is 0 Å². The summed E-state index contributed by atoms with van der Waals surface area (Å²) in [6, 6.07) is 0. The second kappa shape index (κ2) is 8.62. The number of benzene rings is 1. The molecule has 1 rings (SSSR count). The van der Waals surface area contributed by atoms with Crippen molar-refractivity contribution in [2.24, 2.45) is 0 Å². The highest BCUT2D eigenvalue weighted by Crippen LogP contribution is 2.06. The molecule has 0 atom stereocenters. The molecule has 0 fully saturated rings. The van der Waals surface area contributed by atoms with Gasteiger partial charge in [-0.15, -0.1) is 5.54 Å². The summed E-state index contributed by atoms with van der Waals surface area (Å²) < 4.78 is 0. The van der Waals surface area contributed by atoms with Gasteiger partial charge in [-0.1, -0.05) is 110 Å². The van der Waals surface area contributed by atoms with Crippen molar-refractivity contribution in [2.75, 3.05) is 0 Å². The summed E-state index contributed by atoms with van der Waals surface area (Å²) in [4.78, 5) is 0. The van der Waals surface area contributed by atoms with Crippen molar-refractivity contribution in [1.29, 1.82) is 0 Å². The summed E-state index contributed by atoms with van der Waals surface area (Å²) in [5.41, 5.74) is 5.32. The predicted molar refractivity (Wildman–Crippen MR) is 145 cm³/mol. The average molecular weight is 451 g/mol. The van der Waals surface area contributed by atoms with Crippen molar-refractivity contribution in [2.45, 2.75) is 78.6 Å². The Hall–Kier alpha value is 0.0813. The Morgan fingerprint density at radius 2 is 0.923 bits per heavy atom. The first-order chi connectivity index (χ1) is 11.7. The SMILES string of the molecule is C[SiH2]c1c(C#C[Si](C)(C)C)c([SiH2]C)c([Si](C)(C)C)c([SiH2]C)c1[Si](C)(C)C. The van der Waals surface area contributed by atoms with Gasteiger partial charge in [0.2, 0.25) is 0 Å². The maximum Gasteiger partial charge on any atom is 0.129 e. The molecule has 1 aromatic carbocycles. The quantitative estimate of drug-likeness (QED) is 0.453. The summed E-state index contributed by atoms with van der Waals surface area (Å²) in [5, 5.41) is 9.26. The fraction of sp³-hybridized carbons (Fsp3) is 0.600. The highest BCUT2D eigenvalue weighted by atomic mass is 28.3. The van der Waals surface area contributed by atoms with Gasteiger partial charge in [0, 0.05) is 5.56 Å². The van der Waals surface area contributed by atoms with E-state index in [0.29, 0.717) is 0 Å². The van der Waals surface area contributed by atoms with Gasteiger partial charge in [-0.05, 0) is 0 Å². The lowest BCUT2D eigenvalue weighted by molar-refractivity contribution is 1.71. The third-order valence-corrected chi connectivity index (χ3v) is 15.7. The Kier molecular flexibility index (Phi) is 8.00. The lowest BCUT2D eigenvalue weighted by Gasteiger charge is -2.34. The van der Waals surface area contributed by atoms with Crippen LogP contribution in [0.4, 0.5) is 0 Å². The van der Waals surface area contributed by atoms with E-state index < -0.39 is 24.2 Å². The monoisotopic (exact) mass is 450 g/mol. The van der Waals surface area contributed by atoms with Crippen LogP contribution in [0.25, 0.3) is 0 Å². The minimum Gasteiger partial charge on any atom is -0.127 e. The van der Waals surface area contributed by atoms with Gasteiger partial charge in [-0.3, -0.25) is 0 Å². The van der Waals surface area contributed by atoms with Gasteiger partial charge in [0.25, 0.3) is 0 Å². The summed E-state index contributed by atoms with van der Waals surface area (Å²) in [6.07, 6.45) is 0. The molecular weight excluding hydrogens is 409 g/mol. The fourth-order valence-electron chi connectivity index (χ4n) is 4.19.